The molecule has 49 heavy (non-hydrogen) atoms. The van der Waals surface area contributed by atoms with E-state index in [-0.39, 0.29) is 24.4 Å². The van der Waals surface area contributed by atoms with Crippen molar-refractivity contribution < 1.29 is 54.9 Å². The van der Waals surface area contributed by atoms with Crippen molar-refractivity contribution in [1.82, 2.24) is 19.4 Å². The van der Waals surface area contributed by atoms with E-state index in [4.69, 9.17) is 14.2 Å². The van der Waals surface area contributed by atoms with E-state index >= 15 is 0 Å². The van der Waals surface area contributed by atoms with Gasteiger partial charge < -0.3 is 28.6 Å². The number of alkyl halides is 6. The summed E-state index contributed by atoms with van der Waals surface area (Å²) >= 11 is 0. The fraction of sp³-hybridized carbons (Fsp3) is 0.438. The molecular formula is C32H33F6N5O6. The van der Waals surface area contributed by atoms with Gasteiger partial charge in [0.2, 0.25) is 12.1 Å². The number of carbonyl (C=O) groups excluding carboxylic acids is 3. The van der Waals surface area contributed by atoms with Crippen LogP contribution in [0.2, 0.25) is 0 Å². The summed E-state index contributed by atoms with van der Waals surface area (Å²) in [5.41, 5.74) is -1.26. The van der Waals surface area contributed by atoms with Crippen LogP contribution in [0.15, 0.2) is 55.1 Å². The number of hydrogen-bond donors (Lipinski definition) is 0. The highest BCUT2D eigenvalue weighted by molar-refractivity contribution is 6.05. The molecule has 5 rings (SSSR count). The first-order valence-electron chi connectivity index (χ1n) is 15.1. The van der Waals surface area contributed by atoms with Gasteiger partial charge in [0.05, 0.1) is 43.9 Å². The van der Waals surface area contributed by atoms with E-state index in [0.717, 1.165) is 21.9 Å². The molecule has 0 aliphatic carbocycles. The molecular weight excluding hydrogens is 664 g/mol. The second-order valence-electron chi connectivity index (χ2n) is 11.8. The molecule has 0 radical (unpaired) electrons. The van der Waals surface area contributed by atoms with Gasteiger partial charge in [0.25, 0.3) is 5.91 Å². The lowest BCUT2D eigenvalue weighted by Gasteiger charge is -2.57. The molecule has 3 atom stereocenters. The fourth-order valence-corrected chi connectivity index (χ4v) is 6.18. The lowest BCUT2D eigenvalue weighted by atomic mass is 9.91. The Balaban J connectivity index is 1.69. The van der Waals surface area contributed by atoms with Gasteiger partial charge in [-0.2, -0.15) is 26.3 Å². The number of hydrogen-bond acceptors (Lipinski definition) is 8. The summed E-state index contributed by atoms with van der Waals surface area (Å²) in [4.78, 5) is 48.3. The second-order valence-corrected chi connectivity index (χ2v) is 11.8. The number of amides is 2. The predicted octanol–water partition coefficient (Wildman–Crippen LogP) is 5.10. The van der Waals surface area contributed by atoms with Gasteiger partial charge in [-0.15, -0.1) is 0 Å². The van der Waals surface area contributed by atoms with Crippen LogP contribution in [-0.4, -0.2) is 82.5 Å². The number of esters is 1. The molecule has 264 valence electrons. The third-order valence-electron chi connectivity index (χ3n) is 8.40. The summed E-state index contributed by atoms with van der Waals surface area (Å²) < 4.78 is 100. The Labute approximate surface area is 276 Å². The summed E-state index contributed by atoms with van der Waals surface area (Å²) in [5.74, 6) is -4.63. The largest absolute Gasteiger partial charge is 0.497 e. The van der Waals surface area contributed by atoms with Gasteiger partial charge in [0.1, 0.15) is 17.5 Å². The van der Waals surface area contributed by atoms with E-state index < -0.39 is 72.2 Å². The van der Waals surface area contributed by atoms with Crippen molar-refractivity contribution in [2.75, 3.05) is 25.7 Å². The Morgan fingerprint density at radius 3 is 2.29 bits per heavy atom. The van der Waals surface area contributed by atoms with E-state index in [1.807, 2.05) is 0 Å². The standard InChI is InChI=1S/C32H33F6N5O6/c1-18(2)25-28(45)42(16-19-6-8-21(47-3)15-24(19)48-4)29(49-30(46)32(36,37)38)26-41(12-5-11-40-13-10-39-17-40)23-9-7-20(31(33,34)35)14-22(23)27(44)43(25)26/h6-10,13-15,17-18,25-26,29H,5,11-12,16H2,1-4H3/t25-,26?,29?/m0/s1. The topological polar surface area (TPSA) is 106 Å². The van der Waals surface area contributed by atoms with Gasteiger partial charge in [-0.3, -0.25) is 14.5 Å². The Bertz CT molecular complexity index is 1700. The Morgan fingerprint density at radius 1 is 0.959 bits per heavy atom. The highest BCUT2D eigenvalue weighted by atomic mass is 19.4. The van der Waals surface area contributed by atoms with E-state index in [1.165, 1.54) is 49.8 Å². The highest BCUT2D eigenvalue weighted by Crippen LogP contribution is 2.43. The molecule has 0 N–H and O–H groups in total. The van der Waals surface area contributed by atoms with Gasteiger partial charge in [0, 0.05) is 37.1 Å². The van der Waals surface area contributed by atoms with Crippen LogP contribution in [-0.2, 0) is 33.6 Å². The lowest BCUT2D eigenvalue weighted by molar-refractivity contribution is -0.224. The van der Waals surface area contributed by atoms with Crippen LogP contribution in [0.5, 0.6) is 11.5 Å². The summed E-state index contributed by atoms with van der Waals surface area (Å²) in [6.07, 6.45) is -8.95. The lowest BCUT2D eigenvalue weighted by Crippen LogP contribution is -2.75. The molecule has 17 heteroatoms. The van der Waals surface area contributed by atoms with E-state index in [9.17, 15) is 40.7 Å². The van der Waals surface area contributed by atoms with Crippen molar-refractivity contribution in [3.63, 3.8) is 0 Å². The van der Waals surface area contributed by atoms with Crippen molar-refractivity contribution in [2.24, 2.45) is 5.92 Å². The minimum absolute atomic E-state index is 0.0308. The van der Waals surface area contributed by atoms with Crippen LogP contribution in [0, 0.1) is 5.92 Å². The minimum Gasteiger partial charge on any atom is -0.497 e. The van der Waals surface area contributed by atoms with Gasteiger partial charge in [-0.05, 0) is 42.7 Å². The van der Waals surface area contributed by atoms with E-state index in [2.05, 4.69) is 4.98 Å². The molecule has 1 aromatic heterocycles. The molecule has 1 fully saturated rings. The maximum absolute atomic E-state index is 14.3. The summed E-state index contributed by atoms with van der Waals surface area (Å²) in [6, 6.07) is 5.66. The van der Waals surface area contributed by atoms with E-state index in [0.29, 0.717) is 23.9 Å². The zero-order chi connectivity index (χ0) is 35.8. The van der Waals surface area contributed by atoms with Gasteiger partial charge >= 0.3 is 18.3 Å². The molecule has 2 unspecified atom stereocenters. The van der Waals surface area contributed by atoms with Gasteiger partial charge in [-0.1, -0.05) is 13.8 Å². The average Bonchev–Trinajstić information content (AvgIpc) is 3.56. The zero-order valence-corrected chi connectivity index (χ0v) is 26.8. The zero-order valence-electron chi connectivity index (χ0n) is 26.8. The van der Waals surface area contributed by atoms with Gasteiger partial charge in [0.15, 0.2) is 6.17 Å². The van der Waals surface area contributed by atoms with Gasteiger partial charge in [-0.25, -0.2) is 9.78 Å². The fourth-order valence-electron chi connectivity index (χ4n) is 6.18. The first-order valence-corrected chi connectivity index (χ1v) is 15.1. The van der Waals surface area contributed by atoms with E-state index in [1.54, 1.807) is 24.6 Å². The number of fused-ring (bicyclic) bond motifs is 2. The van der Waals surface area contributed by atoms with Crippen molar-refractivity contribution in [1.29, 1.82) is 0 Å². The SMILES string of the molecule is COc1ccc(CN2C(=O)[C@H](C(C)C)N3C(=O)c4cc(C(F)(F)F)ccc4N(CCCn4ccnc4)C3C2OC(=O)C(F)(F)F)c(OC)c1. The van der Waals surface area contributed by atoms with Crippen LogP contribution in [0.25, 0.3) is 0 Å². The van der Waals surface area contributed by atoms with Crippen LogP contribution >= 0.6 is 0 Å². The molecule has 2 aliphatic rings. The molecule has 3 aromatic rings. The average molecular weight is 698 g/mol. The Kier molecular flexibility index (Phi) is 9.75. The molecule has 1 saturated heterocycles. The van der Waals surface area contributed by atoms with Crippen LogP contribution in [0.3, 0.4) is 0 Å². The number of anilines is 1. The Morgan fingerprint density at radius 2 is 1.69 bits per heavy atom. The number of aromatic nitrogens is 2. The monoisotopic (exact) mass is 697 g/mol. The van der Waals surface area contributed by atoms with Crippen LogP contribution in [0.4, 0.5) is 32.0 Å². The highest BCUT2D eigenvalue weighted by Gasteiger charge is 2.58. The number of methoxy groups -OCH3 is 2. The summed E-state index contributed by atoms with van der Waals surface area (Å²) in [6.45, 7) is 3.05. The molecule has 2 aromatic carbocycles. The molecule has 2 aliphatic heterocycles. The molecule has 0 spiro atoms. The third kappa shape index (κ3) is 6.96. The maximum atomic E-state index is 14.3. The summed E-state index contributed by atoms with van der Waals surface area (Å²) in [7, 11) is 2.75. The number of benzene rings is 2. The molecule has 0 bridgehead atoms. The number of nitrogens with zero attached hydrogens (tertiary/aromatic N) is 5. The molecule has 11 nitrogen and oxygen atoms in total. The normalized spacial score (nSPS) is 19.6. The third-order valence-corrected chi connectivity index (χ3v) is 8.40. The molecule has 3 heterocycles. The van der Waals surface area contributed by atoms with Crippen molar-refractivity contribution in [3.05, 3.63) is 71.8 Å². The van der Waals surface area contributed by atoms with Crippen molar-refractivity contribution >= 4 is 23.5 Å². The maximum Gasteiger partial charge on any atom is 0.491 e. The molecule has 0 saturated carbocycles. The minimum atomic E-state index is -5.49. The number of aryl methyl sites for hydroxylation is 1. The number of halogens is 6. The van der Waals surface area contributed by atoms with Crippen molar-refractivity contribution in [3.8, 4) is 11.5 Å². The number of imidazole rings is 1. The number of rotatable bonds is 10. The van der Waals surface area contributed by atoms with Crippen molar-refractivity contribution in [2.45, 2.75) is 64.1 Å². The first-order chi connectivity index (χ1) is 23.1. The van der Waals surface area contributed by atoms with Crippen LogP contribution < -0.4 is 14.4 Å². The smallest absolute Gasteiger partial charge is 0.491 e. The quantitative estimate of drug-likeness (QED) is 0.213. The predicted molar refractivity (Wildman–Crippen MR) is 160 cm³/mol. The molecule has 2 amide bonds. The first kappa shape index (κ1) is 35.3. The number of ether oxygens (including phenoxy) is 3. The van der Waals surface area contributed by atoms with Crippen LogP contribution in [0.1, 0.15) is 41.8 Å². The second kappa shape index (κ2) is 13.5. The number of carbonyl (C=O) groups is 3. The summed E-state index contributed by atoms with van der Waals surface area (Å²) in [5, 5.41) is 0. The number of piperazine rings is 1. The Hall–Kier alpha value is -4.96.